The van der Waals surface area contributed by atoms with Crippen molar-refractivity contribution >= 4 is 11.7 Å². The van der Waals surface area contributed by atoms with Crippen molar-refractivity contribution < 1.29 is 14.7 Å². The van der Waals surface area contributed by atoms with Gasteiger partial charge in [0.05, 0.1) is 5.56 Å². The molecule has 0 aromatic heterocycles. The first-order valence-electron chi connectivity index (χ1n) is 7.64. The molecule has 1 fully saturated rings. The zero-order valence-corrected chi connectivity index (χ0v) is 14.0. The second-order valence-corrected chi connectivity index (χ2v) is 7.20. The number of piperidine rings is 1. The number of carbonyl (C=O) groups excluding carboxylic acids is 1. The fourth-order valence-corrected chi connectivity index (χ4v) is 3.25. The molecule has 1 aromatic rings. The second-order valence-electron chi connectivity index (χ2n) is 7.20. The Kier molecular flexibility index (Phi) is 4.49. The van der Waals surface area contributed by atoms with Crippen LogP contribution in [0, 0.1) is 0 Å². The van der Waals surface area contributed by atoms with E-state index in [0.29, 0.717) is 18.4 Å². The molecule has 0 saturated carbocycles. The first-order chi connectivity index (χ1) is 10.2. The van der Waals surface area contributed by atoms with E-state index >= 15 is 0 Å². The smallest absolute Gasteiger partial charge is 0.338 e. The van der Waals surface area contributed by atoms with Gasteiger partial charge in [-0.3, -0.25) is 0 Å². The topological polar surface area (TPSA) is 61.8 Å². The zero-order chi connectivity index (χ0) is 16.5. The second kappa shape index (κ2) is 5.89. The highest BCUT2D eigenvalue weighted by atomic mass is 16.5. The van der Waals surface area contributed by atoms with Gasteiger partial charge in [0.2, 0.25) is 0 Å². The lowest BCUT2D eigenvalue weighted by Gasteiger charge is -2.50. The maximum absolute atomic E-state index is 12.3. The number of carbonyl (C=O) groups is 1. The van der Waals surface area contributed by atoms with E-state index < -0.39 is 11.1 Å². The Morgan fingerprint density at radius 3 is 2.14 bits per heavy atom. The van der Waals surface area contributed by atoms with Gasteiger partial charge >= 0.3 is 5.97 Å². The van der Waals surface area contributed by atoms with Gasteiger partial charge in [-0.2, -0.15) is 5.06 Å². The molecule has 0 radical (unpaired) electrons. The maximum Gasteiger partial charge on any atom is 0.338 e. The Morgan fingerprint density at radius 2 is 1.68 bits per heavy atom. The Morgan fingerprint density at radius 1 is 1.18 bits per heavy atom. The number of benzene rings is 1. The van der Waals surface area contributed by atoms with E-state index in [1.165, 1.54) is 5.06 Å². The number of nitrogens with one attached hydrogen (secondary N) is 1. The Balaban J connectivity index is 2.08. The van der Waals surface area contributed by atoms with Gasteiger partial charge in [-0.1, -0.05) is 0 Å². The monoisotopic (exact) mass is 306 g/mol. The molecule has 0 unspecified atom stereocenters. The highest BCUT2D eigenvalue weighted by Gasteiger charge is 2.46. The lowest BCUT2D eigenvalue weighted by Crippen LogP contribution is -2.60. The molecule has 122 valence electrons. The van der Waals surface area contributed by atoms with Crippen molar-refractivity contribution in [2.45, 2.75) is 57.7 Å². The summed E-state index contributed by atoms with van der Waals surface area (Å²) < 4.78 is 5.67. The molecule has 2 rings (SSSR count). The summed E-state index contributed by atoms with van der Waals surface area (Å²) in [6.45, 7) is 7.82. The number of esters is 1. The number of hydroxylamine groups is 2. The van der Waals surface area contributed by atoms with Crippen molar-refractivity contribution in [1.82, 2.24) is 5.06 Å². The summed E-state index contributed by atoms with van der Waals surface area (Å²) in [5.41, 5.74) is 0.638. The van der Waals surface area contributed by atoms with Crippen LogP contribution < -0.4 is 5.32 Å². The Bertz CT molecular complexity index is 519. The first kappa shape index (κ1) is 16.8. The fraction of sp³-hybridized carbons (Fsp3) is 0.588. The van der Waals surface area contributed by atoms with E-state index in [4.69, 9.17) is 4.74 Å². The van der Waals surface area contributed by atoms with Gasteiger partial charge in [0.15, 0.2) is 0 Å². The van der Waals surface area contributed by atoms with Crippen LogP contribution >= 0.6 is 0 Å². The van der Waals surface area contributed by atoms with E-state index in [9.17, 15) is 10.0 Å². The van der Waals surface area contributed by atoms with E-state index in [2.05, 4.69) is 5.32 Å². The molecular formula is C17H26N2O3. The standard InChI is InChI=1S/C17H26N2O3/c1-16(2)10-14(11-17(3,4)19(16)21)22-15(20)12-6-8-13(18-5)9-7-12/h6-9,14,18,21H,10-11H2,1-5H3. The van der Waals surface area contributed by atoms with Gasteiger partial charge in [0.1, 0.15) is 6.10 Å². The molecule has 22 heavy (non-hydrogen) atoms. The van der Waals surface area contributed by atoms with Crippen LogP contribution in [0.1, 0.15) is 50.9 Å². The number of anilines is 1. The van der Waals surface area contributed by atoms with Crippen LogP contribution in [0.5, 0.6) is 0 Å². The Labute approximate surface area is 132 Å². The molecule has 1 aliphatic heterocycles. The van der Waals surface area contributed by atoms with Crippen molar-refractivity contribution in [2.75, 3.05) is 12.4 Å². The first-order valence-corrected chi connectivity index (χ1v) is 7.64. The normalized spacial score (nSPS) is 21.4. The third-order valence-electron chi connectivity index (χ3n) is 4.28. The summed E-state index contributed by atoms with van der Waals surface area (Å²) >= 11 is 0. The average Bonchev–Trinajstić information content (AvgIpc) is 2.44. The summed E-state index contributed by atoms with van der Waals surface area (Å²) in [7, 11) is 1.83. The van der Waals surface area contributed by atoms with Gasteiger partial charge < -0.3 is 15.3 Å². The molecule has 0 aliphatic carbocycles. The zero-order valence-electron chi connectivity index (χ0n) is 14.0. The molecule has 2 N–H and O–H groups in total. The lowest BCUT2D eigenvalue weighted by molar-refractivity contribution is -0.256. The van der Waals surface area contributed by atoms with Crippen LogP contribution in [-0.4, -0.2) is 40.5 Å². The van der Waals surface area contributed by atoms with Crippen molar-refractivity contribution in [3.8, 4) is 0 Å². The predicted octanol–water partition coefficient (Wildman–Crippen LogP) is 3.30. The van der Waals surface area contributed by atoms with E-state index in [1.54, 1.807) is 12.1 Å². The summed E-state index contributed by atoms with van der Waals surface area (Å²) in [5.74, 6) is -0.314. The molecule has 1 saturated heterocycles. The van der Waals surface area contributed by atoms with Gasteiger partial charge in [-0.25, -0.2) is 4.79 Å². The minimum Gasteiger partial charge on any atom is -0.459 e. The van der Waals surface area contributed by atoms with Gasteiger partial charge in [-0.05, 0) is 52.0 Å². The molecule has 0 bridgehead atoms. The van der Waals surface area contributed by atoms with E-state index in [1.807, 2.05) is 46.9 Å². The third-order valence-corrected chi connectivity index (χ3v) is 4.28. The quantitative estimate of drug-likeness (QED) is 0.839. The van der Waals surface area contributed by atoms with Gasteiger partial charge in [-0.15, -0.1) is 0 Å². The van der Waals surface area contributed by atoms with Gasteiger partial charge in [0, 0.05) is 36.7 Å². The Hall–Kier alpha value is -1.59. The summed E-state index contributed by atoms with van der Waals surface area (Å²) in [6.07, 6.45) is 1.01. The van der Waals surface area contributed by atoms with Crippen LogP contribution in [0.15, 0.2) is 24.3 Å². The summed E-state index contributed by atoms with van der Waals surface area (Å²) in [5, 5.41) is 14.7. The lowest BCUT2D eigenvalue weighted by atomic mass is 9.80. The summed E-state index contributed by atoms with van der Waals surface area (Å²) in [4.78, 5) is 12.3. The maximum atomic E-state index is 12.3. The third kappa shape index (κ3) is 3.42. The van der Waals surface area contributed by atoms with Crippen LogP contribution in [0.4, 0.5) is 5.69 Å². The minimum absolute atomic E-state index is 0.204. The number of nitrogens with zero attached hydrogens (tertiary/aromatic N) is 1. The summed E-state index contributed by atoms with van der Waals surface area (Å²) in [6, 6.07) is 7.21. The number of hydrogen-bond donors (Lipinski definition) is 2. The molecular weight excluding hydrogens is 280 g/mol. The van der Waals surface area contributed by atoms with Crippen molar-refractivity contribution in [3.05, 3.63) is 29.8 Å². The fourth-order valence-electron chi connectivity index (χ4n) is 3.25. The van der Waals surface area contributed by atoms with Crippen LogP contribution in [0.25, 0.3) is 0 Å². The van der Waals surface area contributed by atoms with Crippen LogP contribution in [0.2, 0.25) is 0 Å². The van der Waals surface area contributed by atoms with Crippen molar-refractivity contribution in [3.63, 3.8) is 0 Å². The molecule has 1 heterocycles. The highest BCUT2D eigenvalue weighted by Crippen LogP contribution is 2.38. The minimum atomic E-state index is -0.428. The molecule has 1 aromatic carbocycles. The van der Waals surface area contributed by atoms with Crippen molar-refractivity contribution in [2.24, 2.45) is 0 Å². The highest BCUT2D eigenvalue weighted by molar-refractivity contribution is 5.89. The van der Waals surface area contributed by atoms with E-state index in [0.717, 1.165) is 5.69 Å². The molecule has 1 aliphatic rings. The van der Waals surface area contributed by atoms with Crippen LogP contribution in [-0.2, 0) is 4.74 Å². The molecule has 0 amide bonds. The molecule has 5 nitrogen and oxygen atoms in total. The van der Waals surface area contributed by atoms with Crippen LogP contribution in [0.3, 0.4) is 0 Å². The SMILES string of the molecule is CNc1ccc(C(=O)OC2CC(C)(C)N(O)C(C)(C)C2)cc1. The molecule has 0 spiro atoms. The molecule has 0 atom stereocenters. The largest absolute Gasteiger partial charge is 0.459 e. The number of hydrogen-bond acceptors (Lipinski definition) is 5. The molecule has 5 heteroatoms. The predicted molar refractivity (Wildman–Crippen MR) is 86.2 cm³/mol. The number of ether oxygens (including phenoxy) is 1. The van der Waals surface area contributed by atoms with E-state index in [-0.39, 0.29) is 12.1 Å². The number of rotatable bonds is 3. The van der Waals surface area contributed by atoms with Gasteiger partial charge in [0.25, 0.3) is 0 Å². The van der Waals surface area contributed by atoms with Crippen molar-refractivity contribution in [1.29, 1.82) is 0 Å². The average molecular weight is 306 g/mol.